The summed E-state index contributed by atoms with van der Waals surface area (Å²) in [6.07, 6.45) is 3.39. The highest BCUT2D eigenvalue weighted by Crippen LogP contribution is 2.18. The van der Waals surface area contributed by atoms with Gasteiger partial charge in [-0.1, -0.05) is 18.2 Å². The number of halogens is 1. The van der Waals surface area contributed by atoms with E-state index in [-0.39, 0.29) is 0 Å². The van der Waals surface area contributed by atoms with Gasteiger partial charge in [-0.25, -0.2) is 0 Å². The predicted octanol–water partition coefficient (Wildman–Crippen LogP) is 2.69. The molecule has 1 aromatic carbocycles. The van der Waals surface area contributed by atoms with E-state index < -0.39 is 6.67 Å². The lowest BCUT2D eigenvalue weighted by atomic mass is 10.1. The molecule has 0 saturated carbocycles. The van der Waals surface area contributed by atoms with Crippen LogP contribution >= 0.6 is 0 Å². The molecule has 61 valence electrons. The number of nitrogens with one attached hydrogen (secondary N) is 1. The molecule has 2 aromatic rings. The maximum absolute atomic E-state index is 12.0. The number of hydrogen-bond acceptors (Lipinski definition) is 0. The smallest absolute Gasteiger partial charge is 0.0970 e. The summed E-state index contributed by atoms with van der Waals surface area (Å²) in [5, 5.41) is 1.08. The van der Waals surface area contributed by atoms with E-state index in [0.717, 1.165) is 16.5 Å². The van der Waals surface area contributed by atoms with Gasteiger partial charge < -0.3 is 4.98 Å². The van der Waals surface area contributed by atoms with Gasteiger partial charge in [-0.05, 0) is 11.6 Å². The van der Waals surface area contributed by atoms with E-state index in [9.17, 15) is 4.39 Å². The third-order valence-electron chi connectivity index (χ3n) is 1.92. The molecule has 1 nitrogen and oxygen atoms in total. The Bertz CT molecular complexity index is 378. The van der Waals surface area contributed by atoms with Crippen LogP contribution in [0.1, 0.15) is 5.56 Å². The van der Waals surface area contributed by atoms with Crippen molar-refractivity contribution in [3.05, 3.63) is 42.4 Å². The van der Waals surface area contributed by atoms with Crippen LogP contribution in [0.25, 0.3) is 10.9 Å². The number of alkyl halides is 1. The SMILES string of the molecule is FC[CH]c1c[nH]c2ccccc12. The number of H-pyrrole nitrogens is 1. The lowest BCUT2D eigenvalue weighted by Gasteiger charge is -1.91. The van der Waals surface area contributed by atoms with E-state index in [4.69, 9.17) is 0 Å². The number of fused-ring (bicyclic) bond motifs is 1. The molecular formula is C10H9FN. The first-order valence-corrected chi connectivity index (χ1v) is 3.87. The highest BCUT2D eigenvalue weighted by Gasteiger charge is 2.01. The standard InChI is InChI=1S/C10H9FN/c11-6-5-8-7-12-10-4-2-1-3-9(8)10/h1-5,7,12H,6H2. The minimum atomic E-state index is -0.415. The monoisotopic (exact) mass is 162 g/mol. The van der Waals surface area contributed by atoms with Crippen LogP contribution in [-0.4, -0.2) is 11.7 Å². The largest absolute Gasteiger partial charge is 0.361 e. The number of hydrogen-bond donors (Lipinski definition) is 1. The number of aromatic nitrogens is 1. The molecule has 0 saturated heterocycles. The van der Waals surface area contributed by atoms with E-state index in [2.05, 4.69) is 4.98 Å². The second kappa shape index (κ2) is 2.97. The van der Waals surface area contributed by atoms with E-state index in [0.29, 0.717) is 0 Å². The van der Waals surface area contributed by atoms with Gasteiger partial charge in [0.15, 0.2) is 0 Å². The second-order valence-corrected chi connectivity index (χ2v) is 2.65. The first-order valence-electron chi connectivity index (χ1n) is 3.87. The Morgan fingerprint density at radius 2 is 2.17 bits per heavy atom. The molecule has 0 aliphatic rings. The van der Waals surface area contributed by atoms with Gasteiger partial charge in [0, 0.05) is 23.5 Å². The number of aromatic amines is 1. The minimum absolute atomic E-state index is 0.415. The molecule has 1 N–H and O–H groups in total. The molecule has 0 bridgehead atoms. The molecule has 0 spiro atoms. The van der Waals surface area contributed by atoms with Crippen molar-refractivity contribution in [3.8, 4) is 0 Å². The van der Waals surface area contributed by atoms with E-state index in [1.807, 2.05) is 30.5 Å². The van der Waals surface area contributed by atoms with Crippen LogP contribution in [0.2, 0.25) is 0 Å². The van der Waals surface area contributed by atoms with Gasteiger partial charge in [0.1, 0.15) is 0 Å². The van der Waals surface area contributed by atoms with Crippen LogP contribution in [0.3, 0.4) is 0 Å². The van der Waals surface area contributed by atoms with Crippen LogP contribution in [0.4, 0.5) is 4.39 Å². The molecule has 1 radical (unpaired) electrons. The average Bonchev–Trinajstić information content (AvgIpc) is 2.50. The summed E-state index contributed by atoms with van der Waals surface area (Å²) in [5.74, 6) is 0. The first kappa shape index (κ1) is 7.35. The summed E-state index contributed by atoms with van der Waals surface area (Å²) in [7, 11) is 0. The summed E-state index contributed by atoms with van der Waals surface area (Å²) in [5.41, 5.74) is 1.99. The maximum atomic E-state index is 12.0. The fourth-order valence-corrected chi connectivity index (χ4v) is 1.35. The molecule has 0 amide bonds. The van der Waals surface area contributed by atoms with Crippen LogP contribution < -0.4 is 0 Å². The molecule has 12 heavy (non-hydrogen) atoms. The highest BCUT2D eigenvalue weighted by molar-refractivity contribution is 5.84. The molecular weight excluding hydrogens is 153 g/mol. The third-order valence-corrected chi connectivity index (χ3v) is 1.92. The Hall–Kier alpha value is -1.31. The normalized spacial score (nSPS) is 10.8. The fraction of sp³-hybridized carbons (Fsp3) is 0.100. The van der Waals surface area contributed by atoms with Gasteiger partial charge in [-0.3, -0.25) is 4.39 Å². The van der Waals surface area contributed by atoms with Gasteiger partial charge in [0.2, 0.25) is 0 Å². The molecule has 0 aliphatic heterocycles. The minimum Gasteiger partial charge on any atom is -0.361 e. The predicted molar refractivity (Wildman–Crippen MR) is 47.7 cm³/mol. The van der Waals surface area contributed by atoms with Gasteiger partial charge >= 0.3 is 0 Å². The van der Waals surface area contributed by atoms with Gasteiger partial charge in [0.25, 0.3) is 0 Å². The van der Waals surface area contributed by atoms with Crippen LogP contribution in [0.15, 0.2) is 30.5 Å². The maximum Gasteiger partial charge on any atom is 0.0970 e. The summed E-state index contributed by atoms with van der Waals surface area (Å²) in [6.45, 7) is -0.415. The van der Waals surface area contributed by atoms with Crippen molar-refractivity contribution < 1.29 is 4.39 Å². The van der Waals surface area contributed by atoms with Crippen molar-refractivity contribution in [3.63, 3.8) is 0 Å². The zero-order valence-corrected chi connectivity index (χ0v) is 6.55. The lowest BCUT2D eigenvalue weighted by molar-refractivity contribution is 0.545. The van der Waals surface area contributed by atoms with Crippen molar-refractivity contribution in [1.29, 1.82) is 0 Å². The zero-order valence-electron chi connectivity index (χ0n) is 6.55. The Kier molecular flexibility index (Phi) is 1.82. The van der Waals surface area contributed by atoms with Crippen LogP contribution in [0.5, 0.6) is 0 Å². The van der Waals surface area contributed by atoms with Crippen LogP contribution in [0, 0.1) is 6.42 Å². The Balaban J connectivity index is 2.55. The van der Waals surface area contributed by atoms with E-state index in [1.54, 1.807) is 6.42 Å². The molecule has 2 rings (SSSR count). The van der Waals surface area contributed by atoms with E-state index >= 15 is 0 Å². The first-order chi connectivity index (χ1) is 5.92. The van der Waals surface area contributed by atoms with Crippen molar-refractivity contribution in [2.24, 2.45) is 0 Å². The molecule has 1 aromatic heterocycles. The van der Waals surface area contributed by atoms with Gasteiger partial charge in [-0.2, -0.15) is 0 Å². The summed E-state index contributed by atoms with van der Waals surface area (Å²) in [6, 6.07) is 7.86. The molecule has 0 atom stereocenters. The topological polar surface area (TPSA) is 15.8 Å². The molecule has 0 unspecified atom stereocenters. The molecule has 0 aliphatic carbocycles. The van der Waals surface area contributed by atoms with Crippen molar-refractivity contribution >= 4 is 10.9 Å². The molecule has 2 heteroatoms. The average molecular weight is 162 g/mol. The van der Waals surface area contributed by atoms with E-state index in [1.165, 1.54) is 0 Å². The number of benzene rings is 1. The summed E-state index contributed by atoms with van der Waals surface area (Å²) >= 11 is 0. The van der Waals surface area contributed by atoms with Crippen LogP contribution in [-0.2, 0) is 0 Å². The Morgan fingerprint density at radius 3 is 3.00 bits per heavy atom. The Morgan fingerprint density at radius 1 is 1.33 bits per heavy atom. The molecule has 0 fully saturated rings. The zero-order chi connectivity index (χ0) is 8.39. The Labute approximate surface area is 70.2 Å². The second-order valence-electron chi connectivity index (χ2n) is 2.65. The quantitative estimate of drug-likeness (QED) is 0.698. The highest BCUT2D eigenvalue weighted by atomic mass is 19.1. The fourth-order valence-electron chi connectivity index (χ4n) is 1.35. The number of rotatable bonds is 2. The summed E-state index contributed by atoms with van der Waals surface area (Å²) in [4.78, 5) is 3.08. The van der Waals surface area contributed by atoms with Gasteiger partial charge in [-0.15, -0.1) is 0 Å². The molecule has 1 heterocycles. The lowest BCUT2D eigenvalue weighted by Crippen LogP contribution is -1.79. The number of para-hydroxylation sites is 1. The third kappa shape index (κ3) is 1.09. The van der Waals surface area contributed by atoms with Crippen molar-refractivity contribution in [2.75, 3.05) is 6.67 Å². The van der Waals surface area contributed by atoms with Crippen molar-refractivity contribution in [2.45, 2.75) is 0 Å². The van der Waals surface area contributed by atoms with Crippen molar-refractivity contribution in [1.82, 2.24) is 4.98 Å². The summed E-state index contributed by atoms with van der Waals surface area (Å²) < 4.78 is 12.0. The van der Waals surface area contributed by atoms with Gasteiger partial charge in [0.05, 0.1) is 6.67 Å².